The molecule has 4 heteroatoms. The number of ketones is 1. The van der Waals surface area contributed by atoms with Gasteiger partial charge in [0.1, 0.15) is 0 Å². The van der Waals surface area contributed by atoms with Crippen LogP contribution >= 0.6 is 15.9 Å². The normalized spacial score (nSPS) is 23.2. The van der Waals surface area contributed by atoms with Gasteiger partial charge in [0.25, 0.3) is 5.92 Å². The zero-order valence-electron chi connectivity index (χ0n) is 7.14. The van der Waals surface area contributed by atoms with Crippen LogP contribution in [0.15, 0.2) is 28.7 Å². The average Bonchev–Trinajstić information content (AvgIpc) is 2.75. The number of halogens is 3. The first-order valence-electron chi connectivity index (χ1n) is 4.18. The van der Waals surface area contributed by atoms with Gasteiger partial charge in [0.2, 0.25) is 0 Å². The highest BCUT2D eigenvalue weighted by Gasteiger charge is 2.60. The molecule has 0 unspecified atom stereocenters. The molecule has 14 heavy (non-hydrogen) atoms. The monoisotopic (exact) mass is 260 g/mol. The maximum absolute atomic E-state index is 12.6. The van der Waals surface area contributed by atoms with Crippen molar-refractivity contribution in [2.45, 2.75) is 12.3 Å². The van der Waals surface area contributed by atoms with Gasteiger partial charge in [-0.15, -0.1) is 0 Å². The number of hydrogen-bond acceptors (Lipinski definition) is 1. The lowest BCUT2D eigenvalue weighted by molar-refractivity contribution is 0.0757. The molecule has 1 aromatic rings. The summed E-state index contributed by atoms with van der Waals surface area (Å²) >= 11 is 3.21. The van der Waals surface area contributed by atoms with Crippen molar-refractivity contribution in [3.63, 3.8) is 0 Å². The van der Waals surface area contributed by atoms with Crippen molar-refractivity contribution in [1.29, 1.82) is 0 Å². The third-order valence-electron chi connectivity index (χ3n) is 2.27. The van der Waals surface area contributed by atoms with E-state index in [0.29, 0.717) is 5.56 Å². The molecule has 0 bridgehead atoms. The summed E-state index contributed by atoms with van der Waals surface area (Å²) in [5.74, 6) is -4.32. The van der Waals surface area contributed by atoms with Crippen LogP contribution in [0.2, 0.25) is 0 Å². The van der Waals surface area contributed by atoms with Gasteiger partial charge in [-0.05, 0) is 12.1 Å². The topological polar surface area (TPSA) is 17.1 Å². The molecule has 0 saturated heterocycles. The van der Waals surface area contributed by atoms with Gasteiger partial charge in [-0.3, -0.25) is 4.79 Å². The fourth-order valence-corrected chi connectivity index (χ4v) is 1.58. The van der Waals surface area contributed by atoms with Gasteiger partial charge in [0.05, 0.1) is 5.92 Å². The third kappa shape index (κ3) is 1.71. The predicted molar refractivity (Wildman–Crippen MR) is 51.5 cm³/mol. The molecule has 1 atom stereocenters. The summed E-state index contributed by atoms with van der Waals surface area (Å²) in [6, 6.07) is 6.46. The van der Waals surface area contributed by atoms with E-state index in [0.717, 1.165) is 4.47 Å². The largest absolute Gasteiger partial charge is 0.294 e. The zero-order valence-corrected chi connectivity index (χ0v) is 8.72. The maximum Gasteiger partial charge on any atom is 0.259 e. The van der Waals surface area contributed by atoms with Crippen molar-refractivity contribution in [2.24, 2.45) is 5.92 Å². The Morgan fingerprint density at radius 3 is 2.29 bits per heavy atom. The highest BCUT2D eigenvalue weighted by molar-refractivity contribution is 9.10. The number of rotatable bonds is 2. The van der Waals surface area contributed by atoms with Crippen LogP contribution in [0.1, 0.15) is 16.8 Å². The van der Waals surface area contributed by atoms with E-state index in [1.54, 1.807) is 24.3 Å². The summed E-state index contributed by atoms with van der Waals surface area (Å²) in [6.45, 7) is 0. The third-order valence-corrected chi connectivity index (χ3v) is 2.80. The van der Waals surface area contributed by atoms with E-state index in [-0.39, 0.29) is 6.42 Å². The van der Waals surface area contributed by atoms with E-state index in [1.807, 2.05) is 0 Å². The molecule has 0 amide bonds. The molecule has 0 N–H and O–H groups in total. The summed E-state index contributed by atoms with van der Waals surface area (Å²) in [5, 5.41) is 0. The van der Waals surface area contributed by atoms with Crippen molar-refractivity contribution >= 4 is 21.7 Å². The summed E-state index contributed by atoms with van der Waals surface area (Å²) in [5.41, 5.74) is 0.357. The number of hydrogen-bond donors (Lipinski definition) is 0. The lowest BCUT2D eigenvalue weighted by Gasteiger charge is -1.99. The van der Waals surface area contributed by atoms with Crippen molar-refractivity contribution in [2.75, 3.05) is 0 Å². The van der Waals surface area contributed by atoms with Crippen LogP contribution in [0, 0.1) is 5.92 Å². The van der Waals surface area contributed by atoms with E-state index >= 15 is 0 Å². The fourth-order valence-electron chi connectivity index (χ4n) is 1.31. The Hall–Kier alpha value is -0.770. The van der Waals surface area contributed by atoms with E-state index < -0.39 is 17.6 Å². The first-order valence-corrected chi connectivity index (χ1v) is 4.97. The Kier molecular flexibility index (Phi) is 2.18. The lowest BCUT2D eigenvalue weighted by atomic mass is 10.1. The molecule has 1 nitrogen and oxygen atoms in total. The molecule has 1 aromatic carbocycles. The van der Waals surface area contributed by atoms with Crippen molar-refractivity contribution in [1.82, 2.24) is 0 Å². The SMILES string of the molecule is O=C(c1ccc(Br)cc1)[C@@H]1CC1(F)F. The molecule has 1 aliphatic carbocycles. The second-order valence-corrected chi connectivity index (χ2v) is 4.30. The minimum atomic E-state index is -2.77. The van der Waals surface area contributed by atoms with Crippen molar-refractivity contribution in [3.05, 3.63) is 34.3 Å². The standard InChI is InChI=1S/C10H7BrF2O/c11-7-3-1-6(2-4-7)9(14)8-5-10(8,12)13/h1-4,8H,5H2/t8-/m0/s1. The van der Waals surface area contributed by atoms with Gasteiger partial charge in [0, 0.05) is 16.5 Å². The van der Waals surface area contributed by atoms with Gasteiger partial charge in [-0.1, -0.05) is 28.1 Å². The van der Waals surface area contributed by atoms with Gasteiger partial charge in [0.15, 0.2) is 5.78 Å². The van der Waals surface area contributed by atoms with Crippen molar-refractivity contribution < 1.29 is 13.6 Å². The average molecular weight is 261 g/mol. The predicted octanol–water partition coefficient (Wildman–Crippen LogP) is 3.29. The van der Waals surface area contributed by atoms with E-state index in [2.05, 4.69) is 15.9 Å². The number of carbonyl (C=O) groups is 1. The van der Waals surface area contributed by atoms with Crippen LogP contribution in [0.5, 0.6) is 0 Å². The fraction of sp³-hybridized carbons (Fsp3) is 0.300. The Bertz CT molecular complexity index is 372. The Labute approximate surface area is 88.2 Å². The molecular formula is C10H7BrF2O. The first kappa shape index (κ1) is 9.77. The van der Waals surface area contributed by atoms with Crippen LogP contribution in [-0.2, 0) is 0 Å². The summed E-state index contributed by atoms with van der Waals surface area (Å²) in [4.78, 5) is 11.4. The summed E-state index contributed by atoms with van der Waals surface area (Å²) in [6.07, 6.45) is -0.304. The number of Topliss-reactive ketones (excluding diaryl/α,β-unsaturated/α-hetero) is 1. The molecule has 0 heterocycles. The van der Waals surface area contributed by atoms with E-state index in [4.69, 9.17) is 0 Å². The van der Waals surface area contributed by atoms with Gasteiger partial charge in [-0.25, -0.2) is 8.78 Å². The Balaban J connectivity index is 2.17. The van der Waals surface area contributed by atoms with E-state index in [1.165, 1.54) is 0 Å². The molecule has 1 aliphatic rings. The maximum atomic E-state index is 12.6. The highest BCUT2D eigenvalue weighted by Crippen LogP contribution is 2.50. The van der Waals surface area contributed by atoms with Crippen LogP contribution in [0.25, 0.3) is 0 Å². The summed E-state index contributed by atoms with van der Waals surface area (Å²) in [7, 11) is 0. The quantitative estimate of drug-likeness (QED) is 0.746. The molecule has 2 rings (SSSR count). The second-order valence-electron chi connectivity index (χ2n) is 3.39. The van der Waals surface area contributed by atoms with Crippen LogP contribution in [0.4, 0.5) is 8.78 Å². The minimum Gasteiger partial charge on any atom is -0.294 e. The molecular weight excluding hydrogens is 254 g/mol. The number of carbonyl (C=O) groups excluding carboxylic acids is 1. The Morgan fingerprint density at radius 1 is 1.36 bits per heavy atom. The van der Waals surface area contributed by atoms with Crippen LogP contribution < -0.4 is 0 Å². The van der Waals surface area contributed by atoms with Crippen LogP contribution in [0.3, 0.4) is 0 Å². The molecule has 1 saturated carbocycles. The number of benzene rings is 1. The van der Waals surface area contributed by atoms with Gasteiger partial charge in [-0.2, -0.15) is 0 Å². The van der Waals surface area contributed by atoms with E-state index in [9.17, 15) is 13.6 Å². The lowest BCUT2D eigenvalue weighted by Crippen LogP contribution is -2.07. The molecule has 0 spiro atoms. The Morgan fingerprint density at radius 2 is 1.86 bits per heavy atom. The highest BCUT2D eigenvalue weighted by atomic mass is 79.9. The van der Waals surface area contributed by atoms with Crippen LogP contribution in [-0.4, -0.2) is 11.7 Å². The molecule has 0 aliphatic heterocycles. The van der Waals surface area contributed by atoms with Crippen molar-refractivity contribution in [3.8, 4) is 0 Å². The minimum absolute atomic E-state index is 0.304. The summed E-state index contributed by atoms with van der Waals surface area (Å²) < 4.78 is 26.0. The molecule has 1 fully saturated rings. The van der Waals surface area contributed by atoms with Gasteiger partial charge < -0.3 is 0 Å². The molecule has 0 aromatic heterocycles. The molecule has 0 radical (unpaired) electrons. The zero-order chi connectivity index (χ0) is 10.3. The second kappa shape index (κ2) is 3.12. The molecule has 74 valence electrons. The van der Waals surface area contributed by atoms with Gasteiger partial charge >= 0.3 is 0 Å². The number of alkyl halides is 2. The smallest absolute Gasteiger partial charge is 0.259 e. The first-order chi connectivity index (χ1) is 6.50.